The average Bonchev–Trinajstić information content (AvgIpc) is 2.70. The predicted octanol–water partition coefficient (Wildman–Crippen LogP) is 6.86. The van der Waals surface area contributed by atoms with E-state index in [-0.39, 0.29) is 33.0 Å². The fourth-order valence-electron chi connectivity index (χ4n) is 2.67. The van der Waals surface area contributed by atoms with Gasteiger partial charge in [-0.25, -0.2) is 0 Å². The summed E-state index contributed by atoms with van der Waals surface area (Å²) in [6, 6.07) is 8.74. The third-order valence-corrected chi connectivity index (χ3v) is 6.05. The monoisotopic (exact) mass is 505 g/mol. The van der Waals surface area contributed by atoms with Gasteiger partial charge in [0.15, 0.2) is 5.52 Å². The van der Waals surface area contributed by atoms with E-state index < -0.39 is 0 Å². The quantitative estimate of drug-likeness (QED) is 0.233. The zero-order chi connectivity index (χ0) is 23.8. The summed E-state index contributed by atoms with van der Waals surface area (Å²) in [4.78, 5) is 13.2. The third kappa shape index (κ3) is 9.71. The van der Waals surface area contributed by atoms with E-state index in [1.807, 2.05) is 12.1 Å². The molecule has 0 aliphatic carbocycles. The first kappa shape index (κ1) is 30.1. The van der Waals surface area contributed by atoms with Gasteiger partial charge < -0.3 is 14.2 Å². The minimum absolute atomic E-state index is 0. The van der Waals surface area contributed by atoms with E-state index >= 15 is 0 Å². The number of carbonyl (C=O) groups excluding carboxylic acids is 1. The van der Waals surface area contributed by atoms with Crippen LogP contribution in [0.3, 0.4) is 0 Å². The van der Waals surface area contributed by atoms with Crippen molar-refractivity contribution in [2.45, 2.75) is 41.5 Å². The van der Waals surface area contributed by atoms with Crippen molar-refractivity contribution < 1.29 is 19.0 Å². The van der Waals surface area contributed by atoms with Crippen molar-refractivity contribution in [1.29, 1.82) is 0 Å². The summed E-state index contributed by atoms with van der Waals surface area (Å²) in [5.74, 6) is 2.86. The molecule has 8 heteroatoms. The summed E-state index contributed by atoms with van der Waals surface area (Å²) in [7, 11) is -0.267. The number of rotatable bonds is 12. The maximum Gasteiger partial charge on any atom is 0.188 e. The molecule has 33 heavy (non-hydrogen) atoms. The maximum atomic E-state index is 13.2. The second kappa shape index (κ2) is 14.5. The Bertz CT molecular complexity index is 866. The molecule has 0 spiro atoms. The van der Waals surface area contributed by atoms with E-state index in [1.165, 1.54) is 0 Å². The first-order valence-electron chi connectivity index (χ1n) is 10.9. The summed E-state index contributed by atoms with van der Waals surface area (Å²) < 4.78 is 18.2. The average molecular weight is 506 g/mol. The van der Waals surface area contributed by atoms with Crippen LogP contribution in [0.5, 0.6) is 17.2 Å². The van der Waals surface area contributed by atoms with Gasteiger partial charge in [0, 0.05) is 31.0 Å². The Morgan fingerprint density at radius 2 is 1.24 bits per heavy atom. The van der Waals surface area contributed by atoms with Crippen LogP contribution >= 0.6 is 31.8 Å². The minimum atomic E-state index is -0.267. The minimum Gasteiger partial charge on any atom is -0.493 e. The van der Waals surface area contributed by atoms with Gasteiger partial charge in [-0.3, -0.25) is 4.79 Å². The fraction of sp³-hybridized carbons (Fsp3) is 0.480. The van der Waals surface area contributed by atoms with E-state index in [0.717, 1.165) is 0 Å². The molecule has 0 amide bonds. The van der Waals surface area contributed by atoms with Crippen LogP contribution in [-0.4, -0.2) is 44.2 Å². The molecule has 2 aromatic rings. The van der Waals surface area contributed by atoms with Crippen LogP contribution in [-0.2, 0) is 0 Å². The Labute approximate surface area is 222 Å². The molecule has 0 bridgehead atoms. The van der Waals surface area contributed by atoms with Crippen molar-refractivity contribution in [3.8, 4) is 17.2 Å². The third-order valence-electron chi connectivity index (χ3n) is 4.20. The van der Waals surface area contributed by atoms with Crippen molar-refractivity contribution in [2.24, 2.45) is 17.8 Å². The van der Waals surface area contributed by atoms with E-state index in [4.69, 9.17) is 37.4 Å². The molecular weight excluding hydrogens is 473 g/mol. The molecule has 0 heterocycles. The van der Waals surface area contributed by atoms with E-state index in [2.05, 4.69) is 41.5 Å². The Kier molecular flexibility index (Phi) is 13.2. The van der Waals surface area contributed by atoms with E-state index in [1.54, 1.807) is 18.2 Å². The van der Waals surface area contributed by atoms with Crippen LogP contribution in [0, 0.1) is 17.8 Å². The van der Waals surface area contributed by atoms with Crippen molar-refractivity contribution in [3.05, 3.63) is 45.9 Å². The Morgan fingerprint density at radius 3 is 1.67 bits per heavy atom. The van der Waals surface area contributed by atoms with Gasteiger partial charge in [-0.1, -0.05) is 70.8 Å². The summed E-state index contributed by atoms with van der Waals surface area (Å²) in [6.45, 7) is 14.1. The van der Waals surface area contributed by atoms with Gasteiger partial charge in [0.05, 0.1) is 40.7 Å². The number of halogens is 2. The second-order valence-corrected chi connectivity index (χ2v) is 11.0. The fourth-order valence-corrected chi connectivity index (χ4v) is 4.55. The zero-order valence-electron chi connectivity index (χ0n) is 20.6. The smallest absolute Gasteiger partial charge is 0.188 e. The largest absolute Gasteiger partial charge is 0.493 e. The number of hydrogen-bond acceptors (Lipinski definition) is 4. The summed E-state index contributed by atoms with van der Waals surface area (Å²) in [5, 5.41) is 1.37. The molecule has 1 atom stereocenters. The molecule has 2 aromatic carbocycles. The summed E-state index contributed by atoms with van der Waals surface area (Å²) >= 11 is 12.6. The van der Waals surface area contributed by atoms with Crippen molar-refractivity contribution in [3.63, 3.8) is 0 Å². The molecule has 1 radical (unpaired) electrons. The van der Waals surface area contributed by atoms with E-state index in [9.17, 15) is 4.79 Å². The molecule has 4 nitrogen and oxygen atoms in total. The van der Waals surface area contributed by atoms with Gasteiger partial charge in [0.1, 0.15) is 17.2 Å². The molecule has 0 aliphatic heterocycles. The first-order chi connectivity index (χ1) is 15.1. The molecule has 1 unspecified atom stereocenters. The Morgan fingerprint density at radius 1 is 0.818 bits per heavy atom. The standard InChI is InChI=1S/C25H33Cl2O4P.Li/c1-15(2)12-29-18-10-21(30-13-16(3)4)24(22(11-18)31-14-17(5)6)32-25(28)23-19(26)8-7-9-20(23)27;/h7-11,15-17,32H,12-14H2,1-6H3;. The molecule has 0 N–H and O–H groups in total. The SMILES string of the molecule is CC(C)COc1cc(OCC(C)C)c(PC(=O)c2c(Cl)cccc2Cl)c(OCC(C)C)c1.[Li]. The van der Waals surface area contributed by atoms with Gasteiger partial charge in [0.25, 0.3) is 0 Å². The molecule has 0 fully saturated rings. The van der Waals surface area contributed by atoms with Crippen molar-refractivity contribution in [2.75, 3.05) is 19.8 Å². The zero-order valence-corrected chi connectivity index (χ0v) is 23.1. The van der Waals surface area contributed by atoms with Crippen LogP contribution in [0.4, 0.5) is 0 Å². The molecular formula is C25H33Cl2LiO4P. The summed E-state index contributed by atoms with van der Waals surface area (Å²) in [6.07, 6.45) is 0. The topological polar surface area (TPSA) is 44.8 Å². The number of ether oxygens (including phenoxy) is 3. The first-order valence-corrected chi connectivity index (χ1v) is 12.7. The van der Waals surface area contributed by atoms with Crippen LogP contribution in [0.25, 0.3) is 0 Å². The van der Waals surface area contributed by atoms with Crippen LogP contribution in [0.1, 0.15) is 51.9 Å². The molecule has 0 saturated carbocycles. The normalized spacial score (nSPS) is 11.4. The number of hydrogen-bond donors (Lipinski definition) is 0. The molecule has 0 saturated heterocycles. The van der Waals surface area contributed by atoms with Crippen LogP contribution < -0.4 is 19.5 Å². The van der Waals surface area contributed by atoms with Crippen LogP contribution in [0.15, 0.2) is 30.3 Å². The van der Waals surface area contributed by atoms with Gasteiger partial charge in [-0.05, 0) is 38.5 Å². The molecule has 177 valence electrons. The number of benzene rings is 2. The van der Waals surface area contributed by atoms with Crippen molar-refractivity contribution >= 4 is 61.5 Å². The van der Waals surface area contributed by atoms with Gasteiger partial charge in [-0.15, -0.1) is 0 Å². The van der Waals surface area contributed by atoms with E-state index in [0.29, 0.717) is 75.7 Å². The number of carbonyl (C=O) groups is 1. The van der Waals surface area contributed by atoms with Crippen LogP contribution in [0.2, 0.25) is 10.0 Å². The predicted molar refractivity (Wildman–Crippen MR) is 142 cm³/mol. The second-order valence-electron chi connectivity index (χ2n) is 8.96. The van der Waals surface area contributed by atoms with Crippen molar-refractivity contribution in [1.82, 2.24) is 0 Å². The van der Waals surface area contributed by atoms with Gasteiger partial charge >= 0.3 is 0 Å². The molecule has 0 aliphatic rings. The Balaban J connectivity index is 0.00000544. The van der Waals surface area contributed by atoms with Gasteiger partial charge in [0.2, 0.25) is 0 Å². The Hall–Kier alpha value is -0.883. The molecule has 0 aromatic heterocycles. The maximum absolute atomic E-state index is 13.2. The molecule has 2 rings (SSSR count). The summed E-state index contributed by atoms with van der Waals surface area (Å²) in [5.41, 5.74) is 0.152. The van der Waals surface area contributed by atoms with Gasteiger partial charge in [-0.2, -0.15) is 0 Å².